The third-order valence-electron chi connectivity index (χ3n) is 3.29. The van der Waals surface area contributed by atoms with E-state index in [2.05, 4.69) is 15.9 Å². The van der Waals surface area contributed by atoms with Crippen LogP contribution in [0.3, 0.4) is 0 Å². The minimum atomic E-state index is -0.372. The Morgan fingerprint density at radius 2 is 2.10 bits per heavy atom. The van der Waals surface area contributed by atoms with Gasteiger partial charge in [0.25, 0.3) is 5.56 Å². The van der Waals surface area contributed by atoms with Gasteiger partial charge in [-0.05, 0) is 28.1 Å². The number of benzene rings is 1. The lowest BCUT2D eigenvalue weighted by atomic mass is 10.2. The second kappa shape index (κ2) is 5.55. The highest BCUT2D eigenvalue weighted by atomic mass is 79.9. The van der Waals surface area contributed by atoms with Crippen molar-refractivity contribution in [2.75, 3.05) is 20.3 Å². The lowest BCUT2D eigenvalue weighted by Crippen LogP contribution is -2.27. The summed E-state index contributed by atoms with van der Waals surface area (Å²) < 4.78 is 18.6. The number of methoxy groups -OCH3 is 1. The number of hydrogen-bond donors (Lipinski definition) is 0. The first-order valence-electron chi connectivity index (χ1n) is 6.29. The van der Waals surface area contributed by atoms with E-state index in [-0.39, 0.29) is 11.8 Å². The van der Waals surface area contributed by atoms with E-state index in [4.69, 9.17) is 14.2 Å². The van der Waals surface area contributed by atoms with Gasteiger partial charge in [-0.2, -0.15) is 0 Å². The number of nitrogens with zero attached hydrogens (tertiary/aromatic N) is 1. The summed E-state index contributed by atoms with van der Waals surface area (Å²) in [6.45, 7) is 1.50. The van der Waals surface area contributed by atoms with E-state index in [1.165, 1.54) is 0 Å². The molecule has 0 atom stereocenters. The van der Waals surface area contributed by atoms with Crippen molar-refractivity contribution in [2.24, 2.45) is 0 Å². The molecule has 0 amide bonds. The minimum absolute atomic E-state index is 0.0863. The molecule has 0 aliphatic carbocycles. The van der Waals surface area contributed by atoms with E-state index in [1.807, 2.05) is 12.1 Å². The SMILES string of the molecule is COc1cc(Br)c2ccc(=O)n(CC3OCCO3)c2c1. The Balaban J connectivity index is 2.14. The summed E-state index contributed by atoms with van der Waals surface area (Å²) in [7, 11) is 1.60. The quantitative estimate of drug-likeness (QED) is 0.859. The van der Waals surface area contributed by atoms with Crippen LogP contribution < -0.4 is 10.3 Å². The van der Waals surface area contributed by atoms with Crippen molar-refractivity contribution < 1.29 is 14.2 Å². The molecular formula is C14H14BrNO4. The first-order valence-corrected chi connectivity index (χ1v) is 7.08. The molecule has 20 heavy (non-hydrogen) atoms. The zero-order valence-electron chi connectivity index (χ0n) is 11.0. The molecule has 3 rings (SSSR count). The van der Waals surface area contributed by atoms with E-state index < -0.39 is 0 Å². The molecule has 2 aromatic rings. The molecule has 0 spiro atoms. The molecule has 2 heterocycles. The van der Waals surface area contributed by atoms with E-state index in [0.717, 1.165) is 15.4 Å². The van der Waals surface area contributed by atoms with Gasteiger partial charge >= 0.3 is 0 Å². The van der Waals surface area contributed by atoms with Gasteiger partial charge in [0.1, 0.15) is 5.75 Å². The smallest absolute Gasteiger partial charge is 0.251 e. The first-order chi connectivity index (χ1) is 9.69. The third kappa shape index (κ3) is 2.46. The molecule has 1 aliphatic heterocycles. The van der Waals surface area contributed by atoms with Gasteiger partial charge in [0, 0.05) is 22.0 Å². The Kier molecular flexibility index (Phi) is 3.78. The number of halogens is 1. The summed E-state index contributed by atoms with van der Waals surface area (Å²) in [4.78, 5) is 12.1. The average molecular weight is 340 g/mol. The summed E-state index contributed by atoms with van der Waals surface area (Å²) in [5.41, 5.74) is 0.708. The lowest BCUT2D eigenvalue weighted by Gasteiger charge is -2.15. The number of rotatable bonds is 3. The molecule has 0 saturated carbocycles. The molecule has 1 aromatic carbocycles. The van der Waals surface area contributed by atoms with Crippen LogP contribution in [0.1, 0.15) is 0 Å². The second-order valence-electron chi connectivity index (χ2n) is 4.50. The third-order valence-corrected chi connectivity index (χ3v) is 3.94. The molecular weight excluding hydrogens is 326 g/mol. The minimum Gasteiger partial charge on any atom is -0.497 e. The Morgan fingerprint density at radius 1 is 1.35 bits per heavy atom. The normalized spacial score (nSPS) is 15.9. The van der Waals surface area contributed by atoms with Crippen molar-refractivity contribution in [2.45, 2.75) is 12.8 Å². The highest BCUT2D eigenvalue weighted by molar-refractivity contribution is 9.10. The summed E-state index contributed by atoms with van der Waals surface area (Å²) in [6, 6.07) is 7.07. The van der Waals surface area contributed by atoms with Crippen molar-refractivity contribution in [3.63, 3.8) is 0 Å². The predicted octanol–water partition coefficient (Wildman–Crippen LogP) is 2.15. The van der Waals surface area contributed by atoms with Gasteiger partial charge in [-0.25, -0.2) is 0 Å². The van der Waals surface area contributed by atoms with Crippen LogP contribution >= 0.6 is 15.9 Å². The van der Waals surface area contributed by atoms with Gasteiger partial charge in [-0.15, -0.1) is 0 Å². The van der Waals surface area contributed by atoms with Crippen LogP contribution in [0, 0.1) is 0 Å². The fourth-order valence-electron chi connectivity index (χ4n) is 2.30. The fourth-order valence-corrected chi connectivity index (χ4v) is 2.86. The Labute approximate surface area is 124 Å². The van der Waals surface area contributed by atoms with Gasteiger partial charge in [0.2, 0.25) is 0 Å². The van der Waals surface area contributed by atoms with E-state index in [9.17, 15) is 4.79 Å². The van der Waals surface area contributed by atoms with E-state index >= 15 is 0 Å². The van der Waals surface area contributed by atoms with Gasteiger partial charge in [-0.1, -0.05) is 0 Å². The van der Waals surface area contributed by atoms with Crippen LogP contribution in [0.4, 0.5) is 0 Å². The summed E-state index contributed by atoms with van der Waals surface area (Å²) in [5.74, 6) is 0.692. The van der Waals surface area contributed by atoms with E-state index in [0.29, 0.717) is 25.5 Å². The van der Waals surface area contributed by atoms with Crippen molar-refractivity contribution in [3.05, 3.63) is 39.1 Å². The van der Waals surface area contributed by atoms with Gasteiger partial charge < -0.3 is 18.8 Å². The molecule has 1 aliphatic rings. The highest BCUT2D eigenvalue weighted by Crippen LogP contribution is 2.28. The molecule has 6 heteroatoms. The summed E-state index contributed by atoms with van der Waals surface area (Å²) >= 11 is 3.50. The number of pyridine rings is 1. The van der Waals surface area contributed by atoms with Gasteiger partial charge in [-0.3, -0.25) is 4.79 Å². The van der Waals surface area contributed by atoms with Crippen LogP contribution in [0.15, 0.2) is 33.5 Å². The lowest BCUT2D eigenvalue weighted by molar-refractivity contribution is -0.0522. The van der Waals surface area contributed by atoms with Crippen molar-refractivity contribution in [3.8, 4) is 5.75 Å². The van der Waals surface area contributed by atoms with Crippen LogP contribution in [-0.2, 0) is 16.0 Å². The fraction of sp³-hybridized carbons (Fsp3) is 0.357. The first kappa shape index (κ1) is 13.6. The van der Waals surface area contributed by atoms with Crippen LogP contribution in [0.2, 0.25) is 0 Å². The standard InChI is InChI=1S/C14H14BrNO4/c1-18-9-6-11(15)10-2-3-13(17)16(12(10)7-9)8-14-19-4-5-20-14/h2-3,6-7,14H,4-5,8H2,1H3. The highest BCUT2D eigenvalue weighted by Gasteiger charge is 2.18. The Bertz CT molecular complexity index is 691. The number of fused-ring (bicyclic) bond motifs is 1. The molecule has 106 valence electrons. The maximum atomic E-state index is 12.1. The van der Waals surface area contributed by atoms with Crippen LogP contribution in [0.5, 0.6) is 5.75 Å². The molecule has 1 saturated heterocycles. The largest absolute Gasteiger partial charge is 0.497 e. The zero-order chi connectivity index (χ0) is 14.1. The molecule has 5 nitrogen and oxygen atoms in total. The molecule has 1 aromatic heterocycles. The van der Waals surface area contributed by atoms with Crippen molar-refractivity contribution in [1.82, 2.24) is 4.57 Å². The Morgan fingerprint density at radius 3 is 2.80 bits per heavy atom. The van der Waals surface area contributed by atoms with Crippen molar-refractivity contribution in [1.29, 1.82) is 0 Å². The van der Waals surface area contributed by atoms with Gasteiger partial charge in [0.05, 0.1) is 32.4 Å². The van der Waals surface area contributed by atoms with Crippen LogP contribution in [-0.4, -0.2) is 31.2 Å². The molecule has 0 bridgehead atoms. The number of aromatic nitrogens is 1. The van der Waals surface area contributed by atoms with E-state index in [1.54, 1.807) is 23.8 Å². The predicted molar refractivity (Wildman–Crippen MR) is 78.2 cm³/mol. The summed E-state index contributed by atoms with van der Waals surface area (Å²) in [5, 5.41) is 0.948. The zero-order valence-corrected chi connectivity index (χ0v) is 12.6. The summed E-state index contributed by atoms with van der Waals surface area (Å²) in [6.07, 6.45) is -0.372. The number of ether oxygens (including phenoxy) is 3. The molecule has 0 radical (unpaired) electrons. The molecule has 0 unspecified atom stereocenters. The topological polar surface area (TPSA) is 49.7 Å². The number of hydrogen-bond acceptors (Lipinski definition) is 4. The molecule has 0 N–H and O–H groups in total. The maximum absolute atomic E-state index is 12.1. The van der Waals surface area contributed by atoms with Crippen molar-refractivity contribution >= 4 is 26.8 Å². The van der Waals surface area contributed by atoms with Crippen LogP contribution in [0.25, 0.3) is 10.9 Å². The van der Waals surface area contributed by atoms with Gasteiger partial charge in [0.15, 0.2) is 6.29 Å². The second-order valence-corrected chi connectivity index (χ2v) is 5.35. The maximum Gasteiger partial charge on any atom is 0.251 e. The molecule has 1 fully saturated rings. The average Bonchev–Trinajstić information content (AvgIpc) is 2.94. The Hall–Kier alpha value is -1.37. The monoisotopic (exact) mass is 339 g/mol.